The van der Waals surface area contributed by atoms with Crippen molar-refractivity contribution in [1.82, 2.24) is 5.32 Å². The molecule has 5 heteroatoms. The smallest absolute Gasteiger partial charge is 0.306 e. The highest BCUT2D eigenvalue weighted by Gasteiger charge is 2.31. The fourth-order valence-corrected chi connectivity index (χ4v) is 2.28. The van der Waals surface area contributed by atoms with Gasteiger partial charge in [-0.1, -0.05) is 6.92 Å². The highest BCUT2D eigenvalue weighted by Crippen LogP contribution is 2.26. The third kappa shape index (κ3) is 2.72. The van der Waals surface area contributed by atoms with Crippen LogP contribution in [0.3, 0.4) is 0 Å². The van der Waals surface area contributed by atoms with Crippen molar-refractivity contribution in [2.75, 3.05) is 0 Å². The predicted molar refractivity (Wildman–Crippen MR) is 64.3 cm³/mol. The number of carbonyl (C=O) groups is 2. The summed E-state index contributed by atoms with van der Waals surface area (Å²) in [5, 5.41) is 11.7. The minimum absolute atomic E-state index is 0.0613. The quantitative estimate of drug-likeness (QED) is 0.855. The third-order valence-corrected chi connectivity index (χ3v) is 3.35. The Kier molecular flexibility index (Phi) is 3.69. The zero-order chi connectivity index (χ0) is 13.1. The topological polar surface area (TPSA) is 79.5 Å². The first kappa shape index (κ1) is 12.7. The molecule has 0 saturated heterocycles. The number of aryl methyl sites for hydroxylation is 1. The third-order valence-electron chi connectivity index (χ3n) is 3.35. The van der Waals surface area contributed by atoms with Crippen molar-refractivity contribution in [3.63, 3.8) is 0 Å². The molecular formula is C13H17NO4. The molecule has 0 aromatic carbocycles. The van der Waals surface area contributed by atoms with Crippen LogP contribution in [0.15, 0.2) is 16.5 Å². The Morgan fingerprint density at radius 3 is 2.78 bits per heavy atom. The van der Waals surface area contributed by atoms with Gasteiger partial charge in [0.25, 0.3) is 5.91 Å². The Morgan fingerprint density at radius 2 is 2.22 bits per heavy atom. The molecule has 2 unspecified atom stereocenters. The van der Waals surface area contributed by atoms with Crippen LogP contribution in [0.2, 0.25) is 0 Å². The SMILES string of the molecule is CCc1ccc(C(=O)NC2CCC(C(=O)O)C2)o1. The van der Waals surface area contributed by atoms with E-state index in [0.717, 1.165) is 12.2 Å². The zero-order valence-corrected chi connectivity index (χ0v) is 10.3. The number of aliphatic carboxylic acids is 1. The van der Waals surface area contributed by atoms with Crippen molar-refractivity contribution in [1.29, 1.82) is 0 Å². The molecule has 0 bridgehead atoms. The number of hydrogen-bond donors (Lipinski definition) is 2. The summed E-state index contributed by atoms with van der Waals surface area (Å²) in [7, 11) is 0. The van der Waals surface area contributed by atoms with Crippen LogP contribution >= 0.6 is 0 Å². The Balaban J connectivity index is 1.90. The molecule has 0 radical (unpaired) electrons. The summed E-state index contributed by atoms with van der Waals surface area (Å²) in [5.74, 6) is -0.303. The molecule has 5 nitrogen and oxygen atoms in total. The van der Waals surface area contributed by atoms with Gasteiger partial charge in [0, 0.05) is 12.5 Å². The summed E-state index contributed by atoms with van der Waals surface area (Å²) in [4.78, 5) is 22.7. The maximum atomic E-state index is 11.9. The highest BCUT2D eigenvalue weighted by molar-refractivity contribution is 5.91. The van der Waals surface area contributed by atoms with E-state index < -0.39 is 5.97 Å². The normalized spacial score (nSPS) is 22.9. The van der Waals surface area contributed by atoms with E-state index in [1.807, 2.05) is 6.92 Å². The minimum Gasteiger partial charge on any atom is -0.481 e. The van der Waals surface area contributed by atoms with Gasteiger partial charge in [-0.2, -0.15) is 0 Å². The lowest BCUT2D eigenvalue weighted by Gasteiger charge is -2.10. The summed E-state index contributed by atoms with van der Waals surface area (Å²) >= 11 is 0. The Morgan fingerprint density at radius 1 is 1.44 bits per heavy atom. The molecule has 1 saturated carbocycles. The second-order valence-electron chi connectivity index (χ2n) is 4.64. The van der Waals surface area contributed by atoms with Crippen LogP contribution in [-0.4, -0.2) is 23.0 Å². The fourth-order valence-electron chi connectivity index (χ4n) is 2.28. The standard InChI is InChI=1S/C13H17NO4/c1-2-10-5-6-11(18-10)12(15)14-9-4-3-8(7-9)13(16)17/h5-6,8-9H,2-4,7H2,1H3,(H,14,15)(H,16,17). The van der Waals surface area contributed by atoms with Crippen molar-refractivity contribution in [2.45, 2.75) is 38.6 Å². The van der Waals surface area contributed by atoms with Crippen molar-refractivity contribution in [2.24, 2.45) is 5.92 Å². The van der Waals surface area contributed by atoms with Crippen LogP contribution in [0.4, 0.5) is 0 Å². The predicted octanol–water partition coefficient (Wildman–Crippen LogP) is 1.83. The summed E-state index contributed by atoms with van der Waals surface area (Å²) in [6.07, 6.45) is 2.59. The number of nitrogens with one attached hydrogen (secondary N) is 1. The van der Waals surface area contributed by atoms with Crippen molar-refractivity contribution in [3.05, 3.63) is 23.7 Å². The van der Waals surface area contributed by atoms with Gasteiger partial charge in [-0.3, -0.25) is 9.59 Å². The number of carbonyl (C=O) groups excluding carboxylic acids is 1. The fraction of sp³-hybridized carbons (Fsp3) is 0.538. The maximum absolute atomic E-state index is 11.9. The van der Waals surface area contributed by atoms with Gasteiger partial charge >= 0.3 is 5.97 Å². The second kappa shape index (κ2) is 5.25. The first-order valence-electron chi connectivity index (χ1n) is 6.22. The number of amides is 1. The second-order valence-corrected chi connectivity index (χ2v) is 4.64. The maximum Gasteiger partial charge on any atom is 0.306 e. The summed E-state index contributed by atoms with van der Waals surface area (Å²) in [6, 6.07) is 3.37. The molecule has 1 fully saturated rings. The minimum atomic E-state index is -0.780. The van der Waals surface area contributed by atoms with Crippen molar-refractivity contribution in [3.8, 4) is 0 Å². The summed E-state index contributed by atoms with van der Waals surface area (Å²) < 4.78 is 5.35. The van der Waals surface area contributed by atoms with Gasteiger partial charge in [-0.25, -0.2) is 0 Å². The lowest BCUT2D eigenvalue weighted by Crippen LogP contribution is -2.33. The van der Waals surface area contributed by atoms with E-state index in [-0.39, 0.29) is 17.9 Å². The van der Waals surface area contributed by atoms with Crippen LogP contribution in [0.1, 0.15) is 42.5 Å². The van der Waals surface area contributed by atoms with Gasteiger partial charge in [0.15, 0.2) is 5.76 Å². The van der Waals surface area contributed by atoms with E-state index in [1.54, 1.807) is 12.1 Å². The molecule has 98 valence electrons. The van der Waals surface area contributed by atoms with Crippen molar-refractivity contribution >= 4 is 11.9 Å². The van der Waals surface area contributed by atoms with E-state index >= 15 is 0 Å². The average Bonchev–Trinajstić information content (AvgIpc) is 2.96. The largest absolute Gasteiger partial charge is 0.481 e. The molecular weight excluding hydrogens is 234 g/mol. The van der Waals surface area contributed by atoms with E-state index in [1.165, 1.54) is 0 Å². The first-order valence-corrected chi connectivity index (χ1v) is 6.22. The molecule has 2 rings (SSSR count). The number of carboxylic acid groups (broad SMARTS) is 1. The number of rotatable bonds is 4. The number of carboxylic acids is 1. The molecule has 2 atom stereocenters. The molecule has 0 aliphatic heterocycles. The molecule has 18 heavy (non-hydrogen) atoms. The molecule has 1 aliphatic carbocycles. The molecule has 1 amide bonds. The molecule has 1 aromatic rings. The molecule has 1 aromatic heterocycles. The molecule has 1 heterocycles. The monoisotopic (exact) mass is 251 g/mol. The number of furan rings is 1. The molecule has 0 spiro atoms. The van der Waals surface area contributed by atoms with Crippen molar-refractivity contribution < 1.29 is 19.1 Å². The lowest BCUT2D eigenvalue weighted by molar-refractivity contribution is -0.141. The van der Waals surface area contributed by atoms with E-state index in [2.05, 4.69) is 5.32 Å². The van der Waals surface area contributed by atoms with E-state index in [9.17, 15) is 9.59 Å². The van der Waals surface area contributed by atoms with Gasteiger partial charge in [-0.05, 0) is 31.4 Å². The van der Waals surface area contributed by atoms with Gasteiger partial charge in [0.2, 0.25) is 0 Å². The van der Waals surface area contributed by atoms with Gasteiger partial charge in [0.1, 0.15) is 5.76 Å². The highest BCUT2D eigenvalue weighted by atomic mass is 16.4. The van der Waals surface area contributed by atoms with Crippen LogP contribution < -0.4 is 5.32 Å². The van der Waals surface area contributed by atoms with E-state index in [4.69, 9.17) is 9.52 Å². The Bertz CT molecular complexity index is 452. The zero-order valence-electron chi connectivity index (χ0n) is 10.3. The van der Waals surface area contributed by atoms with E-state index in [0.29, 0.717) is 25.0 Å². The lowest BCUT2D eigenvalue weighted by atomic mass is 10.1. The first-order chi connectivity index (χ1) is 8.60. The molecule has 2 N–H and O–H groups in total. The van der Waals surface area contributed by atoms with Gasteiger partial charge in [0.05, 0.1) is 5.92 Å². The van der Waals surface area contributed by atoms with Crippen LogP contribution in [0, 0.1) is 5.92 Å². The number of hydrogen-bond acceptors (Lipinski definition) is 3. The van der Waals surface area contributed by atoms with Crippen LogP contribution in [0.5, 0.6) is 0 Å². The Labute approximate surface area is 105 Å². The van der Waals surface area contributed by atoms with Crippen LogP contribution in [-0.2, 0) is 11.2 Å². The van der Waals surface area contributed by atoms with Crippen LogP contribution in [0.25, 0.3) is 0 Å². The summed E-state index contributed by atoms with van der Waals surface area (Å²) in [5.41, 5.74) is 0. The molecule has 1 aliphatic rings. The Hall–Kier alpha value is -1.78. The summed E-state index contributed by atoms with van der Waals surface area (Å²) in [6.45, 7) is 1.95. The van der Waals surface area contributed by atoms with Gasteiger partial charge in [-0.15, -0.1) is 0 Å². The average molecular weight is 251 g/mol. The van der Waals surface area contributed by atoms with Gasteiger partial charge < -0.3 is 14.8 Å².